The van der Waals surface area contributed by atoms with Crippen LogP contribution in [0.3, 0.4) is 0 Å². The molecule has 0 saturated carbocycles. The van der Waals surface area contributed by atoms with Crippen LogP contribution in [0, 0.1) is 5.92 Å². The number of hydrogen-bond donors (Lipinski definition) is 1. The van der Waals surface area contributed by atoms with Crippen LogP contribution < -0.4 is 5.73 Å². The fraction of sp³-hybridized carbons (Fsp3) is 0.600. The molecule has 0 amide bonds. The molecule has 0 saturated heterocycles. The van der Waals surface area contributed by atoms with E-state index < -0.39 is 0 Å². The molecule has 0 bridgehead atoms. The SMILES string of the molecule is CC(C)CC[C@H](N)c1ccsc1.Cl. The Balaban J connectivity index is 0.00000144. The third-order valence-electron chi connectivity index (χ3n) is 2.03. The van der Waals surface area contributed by atoms with E-state index in [0.29, 0.717) is 0 Å². The third kappa shape index (κ3) is 4.65. The molecule has 1 heterocycles. The summed E-state index contributed by atoms with van der Waals surface area (Å²) >= 11 is 1.72. The monoisotopic (exact) mass is 219 g/mol. The highest BCUT2D eigenvalue weighted by atomic mass is 35.5. The molecule has 0 aliphatic carbocycles. The van der Waals surface area contributed by atoms with Gasteiger partial charge in [-0.05, 0) is 41.1 Å². The van der Waals surface area contributed by atoms with Gasteiger partial charge in [0, 0.05) is 6.04 Å². The van der Waals surface area contributed by atoms with E-state index in [1.807, 2.05) is 0 Å². The molecular weight excluding hydrogens is 202 g/mol. The Kier molecular flexibility index (Phi) is 6.39. The molecule has 0 aliphatic heterocycles. The zero-order valence-corrected chi connectivity index (χ0v) is 9.83. The lowest BCUT2D eigenvalue weighted by atomic mass is 10.0. The molecule has 0 fully saturated rings. The van der Waals surface area contributed by atoms with Crippen LogP contribution in [0.5, 0.6) is 0 Å². The molecule has 1 atom stereocenters. The summed E-state index contributed by atoms with van der Waals surface area (Å²) in [7, 11) is 0. The summed E-state index contributed by atoms with van der Waals surface area (Å²) in [6.07, 6.45) is 2.32. The van der Waals surface area contributed by atoms with Crippen LogP contribution in [0.25, 0.3) is 0 Å². The van der Waals surface area contributed by atoms with Crippen molar-refractivity contribution in [1.82, 2.24) is 0 Å². The molecule has 1 aromatic rings. The first kappa shape index (κ1) is 12.9. The van der Waals surface area contributed by atoms with Crippen molar-refractivity contribution in [3.05, 3.63) is 22.4 Å². The number of thiophene rings is 1. The first-order valence-corrected chi connectivity index (χ1v) is 5.42. The van der Waals surface area contributed by atoms with Crippen LogP contribution in [0.15, 0.2) is 16.8 Å². The van der Waals surface area contributed by atoms with Crippen molar-refractivity contribution >= 4 is 23.7 Å². The molecule has 3 heteroatoms. The Morgan fingerprint density at radius 2 is 2.08 bits per heavy atom. The molecule has 76 valence electrons. The topological polar surface area (TPSA) is 26.0 Å². The standard InChI is InChI=1S/C10H17NS.ClH/c1-8(2)3-4-10(11)9-5-6-12-7-9;/h5-8,10H,3-4,11H2,1-2H3;1H/t10-;/m0./s1. The van der Waals surface area contributed by atoms with Crippen LogP contribution in [0.1, 0.15) is 38.3 Å². The first-order chi connectivity index (χ1) is 5.70. The molecule has 0 radical (unpaired) electrons. The van der Waals surface area contributed by atoms with Crippen molar-refractivity contribution in [2.75, 3.05) is 0 Å². The van der Waals surface area contributed by atoms with Gasteiger partial charge in [0.05, 0.1) is 0 Å². The summed E-state index contributed by atoms with van der Waals surface area (Å²) in [4.78, 5) is 0. The van der Waals surface area contributed by atoms with Gasteiger partial charge >= 0.3 is 0 Å². The fourth-order valence-corrected chi connectivity index (χ4v) is 1.89. The van der Waals surface area contributed by atoms with Gasteiger partial charge in [0.25, 0.3) is 0 Å². The Labute approximate surface area is 90.8 Å². The van der Waals surface area contributed by atoms with Crippen LogP contribution in [0.2, 0.25) is 0 Å². The molecule has 2 N–H and O–H groups in total. The predicted octanol–water partition coefficient (Wildman–Crippen LogP) is 3.61. The molecular formula is C10H18ClNS. The summed E-state index contributed by atoms with van der Waals surface area (Å²) in [5.41, 5.74) is 7.29. The lowest BCUT2D eigenvalue weighted by molar-refractivity contribution is 0.508. The van der Waals surface area contributed by atoms with Crippen LogP contribution in [-0.4, -0.2) is 0 Å². The molecule has 0 unspecified atom stereocenters. The number of halogens is 1. The molecule has 1 aromatic heterocycles. The lowest BCUT2D eigenvalue weighted by Crippen LogP contribution is -2.09. The summed E-state index contributed by atoms with van der Waals surface area (Å²) in [6, 6.07) is 2.37. The van der Waals surface area contributed by atoms with E-state index in [4.69, 9.17) is 5.73 Å². The van der Waals surface area contributed by atoms with Gasteiger partial charge in [0.1, 0.15) is 0 Å². The largest absolute Gasteiger partial charge is 0.324 e. The van der Waals surface area contributed by atoms with Gasteiger partial charge in [-0.3, -0.25) is 0 Å². The third-order valence-corrected chi connectivity index (χ3v) is 2.73. The summed E-state index contributed by atoms with van der Waals surface area (Å²) < 4.78 is 0. The van der Waals surface area contributed by atoms with Gasteiger partial charge in [0.2, 0.25) is 0 Å². The highest BCUT2D eigenvalue weighted by molar-refractivity contribution is 7.07. The van der Waals surface area contributed by atoms with E-state index in [0.717, 1.165) is 12.3 Å². The summed E-state index contributed by atoms with van der Waals surface area (Å²) in [6.45, 7) is 4.47. The average molecular weight is 220 g/mol. The molecule has 13 heavy (non-hydrogen) atoms. The second kappa shape index (κ2) is 6.41. The Morgan fingerprint density at radius 3 is 2.54 bits per heavy atom. The van der Waals surface area contributed by atoms with Crippen molar-refractivity contribution in [3.63, 3.8) is 0 Å². The molecule has 0 spiro atoms. The minimum absolute atomic E-state index is 0. The van der Waals surface area contributed by atoms with Crippen molar-refractivity contribution in [2.45, 2.75) is 32.7 Å². The Hall–Kier alpha value is -0.0500. The minimum Gasteiger partial charge on any atom is -0.324 e. The average Bonchev–Trinajstić information content (AvgIpc) is 2.51. The number of nitrogens with two attached hydrogens (primary N) is 1. The van der Waals surface area contributed by atoms with Gasteiger partial charge < -0.3 is 5.73 Å². The van der Waals surface area contributed by atoms with Gasteiger partial charge in [-0.2, -0.15) is 11.3 Å². The van der Waals surface area contributed by atoms with Crippen LogP contribution in [0.4, 0.5) is 0 Å². The summed E-state index contributed by atoms with van der Waals surface area (Å²) in [5, 5.41) is 4.23. The summed E-state index contributed by atoms with van der Waals surface area (Å²) in [5.74, 6) is 0.759. The maximum Gasteiger partial charge on any atom is 0.0303 e. The van der Waals surface area contributed by atoms with Crippen molar-refractivity contribution < 1.29 is 0 Å². The van der Waals surface area contributed by atoms with Crippen molar-refractivity contribution in [1.29, 1.82) is 0 Å². The molecule has 0 aromatic carbocycles. The van der Waals surface area contributed by atoms with Gasteiger partial charge in [0.15, 0.2) is 0 Å². The van der Waals surface area contributed by atoms with Crippen molar-refractivity contribution in [3.8, 4) is 0 Å². The van der Waals surface area contributed by atoms with Crippen molar-refractivity contribution in [2.24, 2.45) is 11.7 Å². The Bertz CT molecular complexity index is 209. The van der Waals surface area contributed by atoms with E-state index in [1.165, 1.54) is 12.0 Å². The lowest BCUT2D eigenvalue weighted by Gasteiger charge is -2.10. The molecule has 1 rings (SSSR count). The van der Waals surface area contributed by atoms with Crippen LogP contribution >= 0.6 is 23.7 Å². The van der Waals surface area contributed by atoms with Gasteiger partial charge in [-0.1, -0.05) is 13.8 Å². The number of hydrogen-bond acceptors (Lipinski definition) is 2. The second-order valence-electron chi connectivity index (χ2n) is 3.63. The zero-order chi connectivity index (χ0) is 8.97. The predicted molar refractivity (Wildman–Crippen MR) is 62.6 cm³/mol. The maximum atomic E-state index is 5.99. The van der Waals surface area contributed by atoms with E-state index in [-0.39, 0.29) is 18.4 Å². The van der Waals surface area contributed by atoms with E-state index in [1.54, 1.807) is 11.3 Å². The quantitative estimate of drug-likeness (QED) is 0.823. The zero-order valence-electron chi connectivity index (χ0n) is 8.19. The normalized spacial score (nSPS) is 12.6. The highest BCUT2D eigenvalue weighted by Gasteiger charge is 2.06. The molecule has 0 aliphatic rings. The second-order valence-corrected chi connectivity index (χ2v) is 4.41. The van der Waals surface area contributed by atoms with E-state index in [2.05, 4.69) is 30.7 Å². The molecule has 1 nitrogen and oxygen atoms in total. The van der Waals surface area contributed by atoms with E-state index in [9.17, 15) is 0 Å². The smallest absolute Gasteiger partial charge is 0.0303 e. The van der Waals surface area contributed by atoms with E-state index >= 15 is 0 Å². The first-order valence-electron chi connectivity index (χ1n) is 4.48. The Morgan fingerprint density at radius 1 is 1.38 bits per heavy atom. The van der Waals surface area contributed by atoms with Gasteiger partial charge in [-0.25, -0.2) is 0 Å². The fourth-order valence-electron chi connectivity index (χ4n) is 1.17. The maximum absolute atomic E-state index is 5.99. The minimum atomic E-state index is 0. The highest BCUT2D eigenvalue weighted by Crippen LogP contribution is 2.20. The number of rotatable bonds is 4. The van der Waals surface area contributed by atoms with Gasteiger partial charge in [-0.15, -0.1) is 12.4 Å². The van der Waals surface area contributed by atoms with Crippen LogP contribution in [-0.2, 0) is 0 Å².